The van der Waals surface area contributed by atoms with Crippen LogP contribution in [0.4, 0.5) is 10.6 Å². The number of aromatic nitrogens is 2. The third-order valence-corrected chi connectivity index (χ3v) is 7.24. The zero-order valence-electron chi connectivity index (χ0n) is 20.3. The number of thioether (sulfide) groups is 1. The third kappa shape index (κ3) is 5.06. The van der Waals surface area contributed by atoms with Crippen molar-refractivity contribution < 1.29 is 14.3 Å². The van der Waals surface area contributed by atoms with Crippen molar-refractivity contribution in [2.45, 2.75) is 27.7 Å². The second-order valence-electron chi connectivity index (χ2n) is 8.90. The number of anilines is 1. The molecule has 35 heavy (non-hydrogen) atoms. The minimum atomic E-state index is -0.344. The van der Waals surface area contributed by atoms with Crippen molar-refractivity contribution in [1.29, 1.82) is 0 Å². The van der Waals surface area contributed by atoms with Crippen LogP contribution in [0.5, 0.6) is 0 Å². The number of pyridine rings is 1. The molecule has 4 heterocycles. The van der Waals surface area contributed by atoms with Gasteiger partial charge < -0.3 is 14.5 Å². The number of aryl methyl sites for hydroxylation is 1. The second kappa shape index (κ2) is 10.4. The standard InChI is InChI=1S/C24H29N5O4S2/c1-5-33-23(32)27-11-9-26(10-12-27)20-17(21(30)28-8-6-7-16(4)19(28)25-20)13-18-22(31)29(14-15(2)3)24(34)35-18/h6-8,13,15H,5,9-12,14H2,1-4H3/b18-13+. The highest BCUT2D eigenvalue weighted by molar-refractivity contribution is 8.26. The fourth-order valence-corrected chi connectivity index (χ4v) is 5.39. The number of nitrogens with zero attached hydrogens (tertiary/aromatic N) is 5. The zero-order chi connectivity index (χ0) is 25.3. The first kappa shape index (κ1) is 25.2. The molecule has 2 aromatic heterocycles. The van der Waals surface area contributed by atoms with Crippen LogP contribution in [0.15, 0.2) is 28.0 Å². The van der Waals surface area contributed by atoms with E-state index in [4.69, 9.17) is 21.9 Å². The number of carbonyl (C=O) groups is 2. The molecule has 0 spiro atoms. The van der Waals surface area contributed by atoms with Gasteiger partial charge >= 0.3 is 6.09 Å². The van der Waals surface area contributed by atoms with Gasteiger partial charge in [-0.25, -0.2) is 9.78 Å². The molecular formula is C24H29N5O4S2. The van der Waals surface area contributed by atoms with Crippen LogP contribution in [0, 0.1) is 12.8 Å². The monoisotopic (exact) mass is 515 g/mol. The zero-order valence-corrected chi connectivity index (χ0v) is 21.9. The van der Waals surface area contributed by atoms with Crippen LogP contribution in [-0.4, -0.2) is 74.8 Å². The van der Waals surface area contributed by atoms with Crippen molar-refractivity contribution in [2.24, 2.45) is 5.92 Å². The van der Waals surface area contributed by atoms with Gasteiger partial charge in [0.2, 0.25) is 0 Å². The Kier molecular flexibility index (Phi) is 7.46. The molecule has 0 saturated carbocycles. The normalized spacial score (nSPS) is 17.9. The molecule has 9 nitrogen and oxygen atoms in total. The molecule has 186 valence electrons. The third-order valence-electron chi connectivity index (χ3n) is 5.87. The van der Waals surface area contributed by atoms with E-state index in [0.29, 0.717) is 65.6 Å². The number of thiocarbonyl (C=S) groups is 1. The van der Waals surface area contributed by atoms with Crippen LogP contribution < -0.4 is 10.5 Å². The molecule has 4 rings (SSSR count). The molecule has 0 bridgehead atoms. The predicted octanol–water partition coefficient (Wildman–Crippen LogP) is 3.14. The van der Waals surface area contributed by atoms with E-state index in [2.05, 4.69) is 0 Å². The fourth-order valence-electron chi connectivity index (χ4n) is 4.14. The first-order chi connectivity index (χ1) is 16.7. The lowest BCUT2D eigenvalue weighted by molar-refractivity contribution is -0.122. The average Bonchev–Trinajstić information content (AvgIpc) is 3.08. The summed E-state index contributed by atoms with van der Waals surface area (Å²) in [6.07, 6.45) is 2.96. The van der Waals surface area contributed by atoms with Gasteiger partial charge in [0, 0.05) is 38.9 Å². The first-order valence-electron chi connectivity index (χ1n) is 11.6. The van der Waals surface area contributed by atoms with Gasteiger partial charge in [0.05, 0.1) is 17.1 Å². The Bertz CT molecular complexity index is 1260. The molecule has 0 unspecified atom stereocenters. The molecule has 2 aromatic rings. The molecule has 0 aliphatic carbocycles. The topological polar surface area (TPSA) is 87.5 Å². The molecule has 2 aliphatic heterocycles. The van der Waals surface area contributed by atoms with E-state index in [1.165, 1.54) is 16.2 Å². The van der Waals surface area contributed by atoms with Gasteiger partial charge in [0.15, 0.2) is 0 Å². The average molecular weight is 516 g/mol. The van der Waals surface area contributed by atoms with E-state index >= 15 is 0 Å². The van der Waals surface area contributed by atoms with Crippen molar-refractivity contribution in [1.82, 2.24) is 19.2 Å². The summed E-state index contributed by atoms with van der Waals surface area (Å²) in [4.78, 5) is 49.4. The maximum atomic E-state index is 13.6. The molecule has 2 aliphatic rings. The van der Waals surface area contributed by atoms with Crippen molar-refractivity contribution in [3.8, 4) is 0 Å². The van der Waals surface area contributed by atoms with Crippen LogP contribution in [0.3, 0.4) is 0 Å². The number of carbonyl (C=O) groups excluding carboxylic acids is 2. The largest absolute Gasteiger partial charge is 0.450 e. The Hall–Kier alpha value is -2.92. The van der Waals surface area contributed by atoms with Crippen LogP contribution in [0.2, 0.25) is 0 Å². The molecule has 0 atom stereocenters. The summed E-state index contributed by atoms with van der Waals surface area (Å²) in [5.74, 6) is 0.571. The number of ether oxygens (including phenoxy) is 1. The van der Waals surface area contributed by atoms with E-state index < -0.39 is 0 Å². The van der Waals surface area contributed by atoms with Gasteiger partial charge in [-0.05, 0) is 37.5 Å². The Labute approximate surface area is 213 Å². The maximum absolute atomic E-state index is 13.6. The van der Waals surface area contributed by atoms with E-state index in [-0.39, 0.29) is 23.5 Å². The van der Waals surface area contributed by atoms with Gasteiger partial charge in [-0.2, -0.15) is 0 Å². The lowest BCUT2D eigenvalue weighted by Crippen LogP contribution is -2.49. The van der Waals surface area contributed by atoms with E-state index in [9.17, 15) is 14.4 Å². The van der Waals surface area contributed by atoms with Gasteiger partial charge in [-0.3, -0.25) is 18.9 Å². The van der Waals surface area contributed by atoms with E-state index in [0.717, 1.165) is 5.56 Å². The van der Waals surface area contributed by atoms with Gasteiger partial charge in [0.1, 0.15) is 15.8 Å². The van der Waals surface area contributed by atoms with Crippen molar-refractivity contribution >= 4 is 57.8 Å². The summed E-state index contributed by atoms with van der Waals surface area (Å²) in [5, 5.41) is 0. The SMILES string of the molecule is CCOC(=O)N1CCN(c2nc3c(C)cccn3c(=O)c2/C=C2/SC(=S)N(CC(C)C)C2=O)CC1. The summed E-state index contributed by atoms with van der Waals surface area (Å²) in [5.41, 5.74) is 1.51. The number of amides is 2. The fraction of sp³-hybridized carbons (Fsp3) is 0.458. The minimum Gasteiger partial charge on any atom is -0.450 e. The highest BCUT2D eigenvalue weighted by atomic mass is 32.2. The first-order valence-corrected chi connectivity index (χ1v) is 12.9. The van der Waals surface area contributed by atoms with Crippen LogP contribution in [-0.2, 0) is 9.53 Å². The molecule has 2 saturated heterocycles. The summed E-state index contributed by atoms with van der Waals surface area (Å²) in [6, 6.07) is 3.70. The second-order valence-corrected chi connectivity index (χ2v) is 10.6. The quantitative estimate of drug-likeness (QED) is 0.443. The lowest BCUT2D eigenvalue weighted by Gasteiger charge is -2.35. The smallest absolute Gasteiger partial charge is 0.409 e. The molecule has 2 fully saturated rings. The van der Waals surface area contributed by atoms with Gasteiger partial charge in [0.25, 0.3) is 11.5 Å². The Morgan fingerprint density at radius 3 is 2.63 bits per heavy atom. The van der Waals surface area contributed by atoms with Crippen LogP contribution in [0.25, 0.3) is 11.7 Å². The number of hydrogen-bond acceptors (Lipinski definition) is 8. The molecule has 11 heteroatoms. The number of hydrogen-bond donors (Lipinski definition) is 0. The van der Waals surface area contributed by atoms with E-state index in [1.807, 2.05) is 31.7 Å². The summed E-state index contributed by atoms with van der Waals surface area (Å²) in [6.45, 7) is 10.5. The minimum absolute atomic E-state index is 0.194. The van der Waals surface area contributed by atoms with Crippen molar-refractivity contribution in [2.75, 3.05) is 44.2 Å². The van der Waals surface area contributed by atoms with E-state index in [1.54, 1.807) is 35.1 Å². The predicted molar refractivity (Wildman–Crippen MR) is 142 cm³/mol. The van der Waals surface area contributed by atoms with Crippen molar-refractivity contribution in [3.05, 3.63) is 44.7 Å². The van der Waals surface area contributed by atoms with Crippen LogP contribution >= 0.6 is 24.0 Å². The number of fused-ring (bicyclic) bond motifs is 1. The number of piperazine rings is 1. The Balaban J connectivity index is 1.75. The molecule has 2 amide bonds. The summed E-state index contributed by atoms with van der Waals surface area (Å²) < 4.78 is 7.12. The molecule has 0 N–H and O–H groups in total. The Morgan fingerprint density at radius 1 is 1.26 bits per heavy atom. The van der Waals surface area contributed by atoms with Crippen LogP contribution in [0.1, 0.15) is 31.9 Å². The summed E-state index contributed by atoms with van der Waals surface area (Å²) >= 11 is 6.65. The van der Waals surface area contributed by atoms with Gasteiger partial charge in [-0.15, -0.1) is 0 Å². The summed E-state index contributed by atoms with van der Waals surface area (Å²) in [7, 11) is 0. The Morgan fingerprint density at radius 2 is 1.97 bits per heavy atom. The highest BCUT2D eigenvalue weighted by Gasteiger charge is 2.33. The number of rotatable bonds is 5. The molecular weight excluding hydrogens is 486 g/mol. The lowest BCUT2D eigenvalue weighted by atomic mass is 10.2. The van der Waals surface area contributed by atoms with Crippen molar-refractivity contribution in [3.63, 3.8) is 0 Å². The molecule has 0 aromatic carbocycles. The molecule has 0 radical (unpaired) electrons. The highest BCUT2D eigenvalue weighted by Crippen LogP contribution is 2.34. The van der Waals surface area contributed by atoms with Gasteiger partial charge in [-0.1, -0.05) is 43.9 Å². The maximum Gasteiger partial charge on any atom is 0.409 e.